The van der Waals surface area contributed by atoms with Gasteiger partial charge in [0.25, 0.3) is 0 Å². The van der Waals surface area contributed by atoms with Crippen molar-refractivity contribution in [3.8, 4) is 0 Å². The van der Waals surface area contributed by atoms with E-state index in [-0.39, 0.29) is 18.6 Å². The Morgan fingerprint density at radius 2 is 1.26 bits per heavy atom. The fourth-order valence-electron chi connectivity index (χ4n) is 1.84. The predicted octanol–water partition coefficient (Wildman–Crippen LogP) is 3.15. The van der Waals surface area contributed by atoms with Crippen LogP contribution in [0.4, 0.5) is 9.59 Å². The van der Waals surface area contributed by atoms with E-state index in [4.69, 9.17) is 14.2 Å². The molecule has 0 spiro atoms. The van der Waals surface area contributed by atoms with Crippen molar-refractivity contribution >= 4 is 57.9 Å². The summed E-state index contributed by atoms with van der Waals surface area (Å²) in [4.78, 5) is 71.5. The van der Waals surface area contributed by atoms with Gasteiger partial charge in [0.1, 0.15) is 11.6 Å². The molecule has 0 aliphatic heterocycles. The third kappa shape index (κ3) is 15.2. The molecule has 14 heteroatoms. The van der Waals surface area contributed by atoms with Crippen LogP contribution in [0.2, 0.25) is 0 Å². The number of hydrogen-bond acceptors (Lipinski definition) is 13. The fourth-order valence-corrected chi connectivity index (χ4v) is 3.17. The summed E-state index contributed by atoms with van der Waals surface area (Å²) in [5, 5.41) is 0.756. The van der Waals surface area contributed by atoms with Crippen molar-refractivity contribution in [3.63, 3.8) is 0 Å². The molecule has 0 fully saturated rings. The zero-order chi connectivity index (χ0) is 27.2. The van der Waals surface area contributed by atoms with Gasteiger partial charge in [0.2, 0.25) is 19.5 Å². The maximum Gasteiger partial charge on any atom is 0.371 e. The largest absolute Gasteiger partial charge is 0.458 e. The van der Waals surface area contributed by atoms with E-state index in [0.717, 1.165) is 0 Å². The molecule has 35 heavy (non-hydrogen) atoms. The Kier molecular flexibility index (Phi) is 14.4. The minimum Gasteiger partial charge on any atom is -0.458 e. The second kappa shape index (κ2) is 15.5. The lowest BCUT2D eigenvalue weighted by Crippen LogP contribution is -2.51. The van der Waals surface area contributed by atoms with Gasteiger partial charge in [-0.1, -0.05) is 13.8 Å². The first-order valence-electron chi connectivity index (χ1n) is 10.6. The molecule has 0 saturated heterocycles. The normalized spacial score (nSPS) is 12.1. The topological polar surface area (TPSA) is 161 Å². The summed E-state index contributed by atoms with van der Waals surface area (Å²) < 4.78 is 22.7. The Hall–Kier alpha value is -2.48. The second-order valence-electron chi connectivity index (χ2n) is 8.25. The lowest BCUT2D eigenvalue weighted by Gasteiger charge is -2.27. The molecule has 0 radical (unpaired) electrons. The molecule has 0 aromatic heterocycles. The molecule has 0 aromatic rings. The van der Waals surface area contributed by atoms with Crippen LogP contribution in [0.25, 0.3) is 0 Å². The molecule has 0 heterocycles. The van der Waals surface area contributed by atoms with Gasteiger partial charge >= 0.3 is 28.5 Å². The van der Waals surface area contributed by atoms with E-state index in [9.17, 15) is 28.8 Å². The van der Waals surface area contributed by atoms with Crippen LogP contribution in [0.5, 0.6) is 0 Å². The number of amides is 1. The van der Waals surface area contributed by atoms with E-state index in [1.165, 1.54) is 13.8 Å². The molecule has 0 saturated carbocycles. The molecule has 0 aliphatic rings. The Balaban J connectivity index is 5.07. The highest BCUT2D eigenvalue weighted by Gasteiger charge is 2.36. The van der Waals surface area contributed by atoms with Gasteiger partial charge in [-0.25, -0.2) is 14.4 Å². The highest BCUT2D eigenvalue weighted by Crippen LogP contribution is 2.27. The van der Waals surface area contributed by atoms with Gasteiger partial charge in [-0.15, -0.1) is 0 Å². The van der Waals surface area contributed by atoms with Crippen molar-refractivity contribution < 1.29 is 52.5 Å². The second-order valence-corrected chi connectivity index (χ2v) is 10.8. The molecule has 1 atom stereocenters. The van der Waals surface area contributed by atoms with Gasteiger partial charge in [-0.05, 0) is 58.1 Å². The van der Waals surface area contributed by atoms with Crippen molar-refractivity contribution in [2.75, 3.05) is 19.3 Å². The molecule has 0 aromatic carbocycles. The van der Waals surface area contributed by atoms with E-state index in [2.05, 4.69) is 14.8 Å². The molecule has 200 valence electrons. The summed E-state index contributed by atoms with van der Waals surface area (Å²) in [5.41, 5.74) is -0.871. The molecule has 0 bridgehead atoms. The third-order valence-corrected chi connectivity index (χ3v) is 5.45. The summed E-state index contributed by atoms with van der Waals surface area (Å²) >= 11 is 1.08. The van der Waals surface area contributed by atoms with Gasteiger partial charge < -0.3 is 29.0 Å². The Morgan fingerprint density at radius 3 is 1.71 bits per heavy atom. The van der Waals surface area contributed by atoms with Crippen molar-refractivity contribution in [2.45, 2.75) is 77.7 Å². The Morgan fingerprint density at radius 1 is 0.771 bits per heavy atom. The van der Waals surface area contributed by atoms with Gasteiger partial charge in [0.15, 0.2) is 0 Å². The van der Waals surface area contributed by atoms with Crippen molar-refractivity contribution in [1.29, 1.82) is 0 Å². The minimum atomic E-state index is -1.40. The quantitative estimate of drug-likeness (QED) is 0.219. The average molecular weight is 540 g/mol. The Labute approximate surface area is 212 Å². The van der Waals surface area contributed by atoms with Crippen LogP contribution in [0.1, 0.15) is 61.3 Å². The highest BCUT2D eigenvalue weighted by molar-refractivity contribution is 8.15. The number of ether oxygens (including phenoxy) is 5. The number of thioether (sulfide) groups is 2. The minimum absolute atomic E-state index is 0.111. The number of hydrogen-bond donors (Lipinski definition) is 1. The number of carbonyl (C=O) groups is 6. The van der Waals surface area contributed by atoms with Gasteiger partial charge in [-0.2, -0.15) is 0 Å². The van der Waals surface area contributed by atoms with Crippen LogP contribution in [0, 0.1) is 0 Å². The molecule has 0 aliphatic carbocycles. The van der Waals surface area contributed by atoms with Crippen LogP contribution in [0.15, 0.2) is 0 Å². The van der Waals surface area contributed by atoms with Gasteiger partial charge in [-0.3, -0.25) is 14.4 Å². The zero-order valence-corrected chi connectivity index (χ0v) is 22.6. The van der Waals surface area contributed by atoms with Crippen molar-refractivity contribution in [3.05, 3.63) is 0 Å². The average Bonchev–Trinajstić information content (AvgIpc) is 2.74. The molecular weight excluding hydrogens is 506 g/mol. The van der Waals surface area contributed by atoms with Crippen LogP contribution in [-0.4, -0.2) is 70.1 Å². The summed E-state index contributed by atoms with van der Waals surface area (Å²) in [6, 6.07) is -1.26. The van der Waals surface area contributed by atoms with Crippen LogP contribution in [0.3, 0.4) is 0 Å². The molecule has 1 N–H and O–H groups in total. The van der Waals surface area contributed by atoms with Crippen LogP contribution >= 0.6 is 23.5 Å². The lowest BCUT2D eigenvalue weighted by molar-refractivity contribution is -0.158. The highest BCUT2D eigenvalue weighted by atomic mass is 32.2. The van der Waals surface area contributed by atoms with E-state index >= 15 is 0 Å². The molecule has 12 nitrogen and oxygen atoms in total. The first kappa shape index (κ1) is 32.5. The Bertz CT molecular complexity index is 778. The standard InChI is InChI=1S/C21H33NO11S2/c1-8-14(23)29-11-31-18(27)34-10-13(16(25)33-20(3,4)5)22-17(26)21(6,7)35-19(28)32-12-30-15(24)9-2/h13H,8-12H2,1-7H3,(H,22,26)/t13-/m0/s1. The summed E-state index contributed by atoms with van der Waals surface area (Å²) in [6.07, 6.45) is 0.225. The number of rotatable bonds is 12. The third-order valence-electron chi connectivity index (χ3n) is 3.62. The van der Waals surface area contributed by atoms with E-state index in [0.29, 0.717) is 23.5 Å². The number of carbonyl (C=O) groups excluding carboxylic acids is 6. The van der Waals surface area contributed by atoms with E-state index in [1.54, 1.807) is 34.6 Å². The summed E-state index contributed by atoms with van der Waals surface area (Å²) in [5.74, 6) is -2.88. The first-order valence-corrected chi connectivity index (χ1v) is 12.4. The number of esters is 3. The molecule has 0 unspecified atom stereocenters. The predicted molar refractivity (Wildman–Crippen MR) is 127 cm³/mol. The van der Waals surface area contributed by atoms with E-state index in [1.807, 2.05) is 0 Å². The van der Waals surface area contributed by atoms with E-state index < -0.39 is 64.4 Å². The zero-order valence-electron chi connectivity index (χ0n) is 20.9. The fraction of sp³-hybridized carbons (Fsp3) is 0.714. The summed E-state index contributed by atoms with van der Waals surface area (Å²) in [7, 11) is 0. The maximum atomic E-state index is 12.8. The molecule has 1 amide bonds. The van der Waals surface area contributed by atoms with Crippen molar-refractivity contribution in [2.24, 2.45) is 0 Å². The van der Waals surface area contributed by atoms with Crippen molar-refractivity contribution in [1.82, 2.24) is 5.32 Å². The summed E-state index contributed by atoms with van der Waals surface area (Å²) in [6.45, 7) is 9.71. The lowest BCUT2D eigenvalue weighted by atomic mass is 10.1. The van der Waals surface area contributed by atoms with Crippen LogP contribution < -0.4 is 5.32 Å². The molecular formula is C21H33NO11S2. The monoisotopic (exact) mass is 539 g/mol. The maximum absolute atomic E-state index is 12.8. The number of nitrogens with one attached hydrogen (secondary N) is 1. The first-order chi connectivity index (χ1) is 16.1. The SMILES string of the molecule is CCC(=O)OCOC(=O)SC[C@H](NC(=O)C(C)(C)SC(=O)OCOC(=O)CC)C(=O)OC(C)(C)C. The smallest absolute Gasteiger partial charge is 0.371 e. The van der Waals surface area contributed by atoms with Gasteiger partial charge in [0, 0.05) is 18.6 Å². The van der Waals surface area contributed by atoms with Crippen LogP contribution in [-0.2, 0) is 42.9 Å². The molecule has 0 rings (SSSR count). The van der Waals surface area contributed by atoms with Gasteiger partial charge in [0.05, 0.1) is 4.75 Å².